The molecule has 0 heterocycles. The van der Waals surface area contributed by atoms with E-state index in [1.54, 1.807) is 0 Å². The molecular weight excluding hydrogens is 255 g/mol. The SMILES string of the molecule is C[O-].C[O-].C[O-].C[O-].C[O-].[Na+].[Na+].[Na+].[Na+].[Na+]. The standard InChI is InChI=1S/5CH3O.5Na/c5*1-2;;;;;/h5*1H3;;;;;/q5*-1;5*+1. The predicted molar refractivity (Wildman–Crippen MR) is 29.6 cm³/mol. The Hall–Kier alpha value is 4.80. The summed E-state index contributed by atoms with van der Waals surface area (Å²) in [5.74, 6) is 0. The molecule has 0 unspecified atom stereocenters. The average molecular weight is 270 g/mol. The van der Waals surface area contributed by atoms with Gasteiger partial charge in [-0.25, -0.2) is 0 Å². The van der Waals surface area contributed by atoms with E-state index in [4.69, 9.17) is 25.5 Å². The van der Waals surface area contributed by atoms with Gasteiger partial charge in [0.2, 0.25) is 0 Å². The quantitative estimate of drug-likeness (QED) is 0.405. The summed E-state index contributed by atoms with van der Waals surface area (Å²) in [6.07, 6.45) is 0. The largest absolute Gasteiger partial charge is 1.00 e. The van der Waals surface area contributed by atoms with Gasteiger partial charge in [0.05, 0.1) is 0 Å². The van der Waals surface area contributed by atoms with Crippen molar-refractivity contribution in [1.82, 2.24) is 0 Å². The van der Waals surface area contributed by atoms with Crippen molar-refractivity contribution in [3.63, 3.8) is 0 Å². The predicted octanol–water partition coefficient (Wildman–Crippen LogP) is -20.1. The molecule has 0 atom stereocenters. The van der Waals surface area contributed by atoms with Crippen LogP contribution in [-0.2, 0) is 0 Å². The maximum absolute atomic E-state index is 8.25. The molecular formula is C5H15Na5O5. The van der Waals surface area contributed by atoms with Gasteiger partial charge in [-0.05, 0) is 0 Å². The zero-order chi connectivity index (χ0) is 10.0. The van der Waals surface area contributed by atoms with Crippen LogP contribution in [0.1, 0.15) is 0 Å². The Bertz CT molecular complexity index is 23.8. The minimum Gasteiger partial charge on any atom is -0.857 e. The summed E-state index contributed by atoms with van der Waals surface area (Å²) < 4.78 is 0. The summed E-state index contributed by atoms with van der Waals surface area (Å²) >= 11 is 0. The topological polar surface area (TPSA) is 115 Å². The average Bonchev–Trinajstić information content (AvgIpc) is 2.20. The monoisotopic (exact) mass is 270 g/mol. The van der Waals surface area contributed by atoms with Crippen molar-refractivity contribution in [2.24, 2.45) is 0 Å². The van der Waals surface area contributed by atoms with Crippen LogP contribution in [-0.4, -0.2) is 35.5 Å². The first-order chi connectivity index (χ1) is 5.00. The Morgan fingerprint density at radius 3 is 0.267 bits per heavy atom. The summed E-state index contributed by atoms with van der Waals surface area (Å²) in [7, 11) is 3.75. The number of rotatable bonds is 0. The molecule has 0 saturated heterocycles. The third-order valence-corrected chi connectivity index (χ3v) is 0. The van der Waals surface area contributed by atoms with E-state index in [0.29, 0.717) is 0 Å². The molecule has 0 amide bonds. The molecule has 70 valence electrons. The van der Waals surface area contributed by atoms with Gasteiger partial charge < -0.3 is 25.5 Å². The molecule has 10 heteroatoms. The first kappa shape index (κ1) is 72.9. The molecule has 0 N–H and O–H groups in total. The number of hydrogen-bond donors (Lipinski definition) is 0. The molecule has 0 aromatic heterocycles. The van der Waals surface area contributed by atoms with E-state index in [1.807, 2.05) is 0 Å². The van der Waals surface area contributed by atoms with Gasteiger partial charge in [-0.1, -0.05) is 0 Å². The van der Waals surface area contributed by atoms with Gasteiger partial charge in [-0.15, -0.1) is 0 Å². The van der Waals surface area contributed by atoms with Crippen LogP contribution in [0.25, 0.3) is 0 Å². The second kappa shape index (κ2) is 259. The van der Waals surface area contributed by atoms with Crippen LogP contribution in [0.5, 0.6) is 0 Å². The van der Waals surface area contributed by atoms with E-state index in [2.05, 4.69) is 0 Å². The normalized spacial score (nSPS) is 2.00. The van der Waals surface area contributed by atoms with E-state index in [9.17, 15) is 0 Å². The van der Waals surface area contributed by atoms with E-state index in [0.717, 1.165) is 35.5 Å². The van der Waals surface area contributed by atoms with Crippen LogP contribution < -0.4 is 173 Å². The molecule has 0 aromatic carbocycles. The maximum Gasteiger partial charge on any atom is 1.00 e. The molecule has 0 fully saturated rings. The van der Waals surface area contributed by atoms with Crippen molar-refractivity contribution in [1.29, 1.82) is 0 Å². The van der Waals surface area contributed by atoms with E-state index in [-0.39, 0.29) is 148 Å². The van der Waals surface area contributed by atoms with Gasteiger partial charge >= 0.3 is 148 Å². The maximum atomic E-state index is 8.25. The molecule has 0 rings (SSSR count). The Balaban J connectivity index is -0.00000000240. The zero-order valence-corrected chi connectivity index (χ0v) is 22.0. The fourth-order valence-electron chi connectivity index (χ4n) is 0. The summed E-state index contributed by atoms with van der Waals surface area (Å²) in [4.78, 5) is 0. The minimum absolute atomic E-state index is 0. The van der Waals surface area contributed by atoms with E-state index >= 15 is 0 Å². The van der Waals surface area contributed by atoms with Gasteiger partial charge in [0.1, 0.15) is 0 Å². The third kappa shape index (κ3) is 230. The van der Waals surface area contributed by atoms with Crippen molar-refractivity contribution in [3.8, 4) is 0 Å². The van der Waals surface area contributed by atoms with Gasteiger partial charge in [-0.3, -0.25) is 0 Å². The van der Waals surface area contributed by atoms with Crippen molar-refractivity contribution in [2.45, 2.75) is 0 Å². The molecule has 0 aromatic rings. The van der Waals surface area contributed by atoms with Crippen LogP contribution in [0.4, 0.5) is 0 Å². The number of hydrogen-bond acceptors (Lipinski definition) is 5. The Labute approximate surface area is 204 Å². The van der Waals surface area contributed by atoms with Crippen molar-refractivity contribution in [2.75, 3.05) is 35.5 Å². The van der Waals surface area contributed by atoms with E-state index in [1.165, 1.54) is 0 Å². The molecule has 0 spiro atoms. The second-order valence-electron chi connectivity index (χ2n) is 0. The summed E-state index contributed by atoms with van der Waals surface area (Å²) in [5.41, 5.74) is 0. The van der Waals surface area contributed by atoms with Crippen LogP contribution in [0.2, 0.25) is 0 Å². The van der Waals surface area contributed by atoms with Gasteiger partial charge in [-0.2, -0.15) is 35.5 Å². The van der Waals surface area contributed by atoms with Crippen LogP contribution in [0, 0.1) is 0 Å². The first-order valence-electron chi connectivity index (χ1n) is 2.04. The Kier molecular flexibility index (Phi) is 1260. The Morgan fingerprint density at radius 2 is 0.267 bits per heavy atom. The second-order valence-corrected chi connectivity index (χ2v) is 0. The zero-order valence-electron chi connectivity index (χ0n) is 12.0. The molecule has 0 aliphatic heterocycles. The van der Waals surface area contributed by atoms with Crippen molar-refractivity contribution >= 4 is 0 Å². The van der Waals surface area contributed by atoms with Gasteiger partial charge in [0, 0.05) is 0 Å². The fourth-order valence-corrected chi connectivity index (χ4v) is 0. The minimum atomic E-state index is 0. The smallest absolute Gasteiger partial charge is 0.857 e. The summed E-state index contributed by atoms with van der Waals surface area (Å²) in [5, 5.41) is 41.2. The summed E-state index contributed by atoms with van der Waals surface area (Å²) in [6, 6.07) is 0. The van der Waals surface area contributed by atoms with Crippen LogP contribution >= 0.6 is 0 Å². The molecule has 0 bridgehead atoms. The van der Waals surface area contributed by atoms with Gasteiger partial charge in [0.15, 0.2) is 0 Å². The molecule has 15 heavy (non-hydrogen) atoms. The molecule has 0 aliphatic carbocycles. The van der Waals surface area contributed by atoms with Crippen LogP contribution in [0.3, 0.4) is 0 Å². The molecule has 0 saturated carbocycles. The molecule has 0 aliphatic rings. The Morgan fingerprint density at radius 1 is 0.267 bits per heavy atom. The van der Waals surface area contributed by atoms with Crippen LogP contribution in [0.15, 0.2) is 0 Å². The van der Waals surface area contributed by atoms with Crippen molar-refractivity contribution in [3.05, 3.63) is 0 Å². The fraction of sp³-hybridized carbons (Fsp3) is 1.00. The van der Waals surface area contributed by atoms with E-state index < -0.39 is 0 Å². The summed E-state index contributed by atoms with van der Waals surface area (Å²) in [6.45, 7) is 0. The third-order valence-electron chi connectivity index (χ3n) is 0. The van der Waals surface area contributed by atoms with Crippen molar-refractivity contribution < 1.29 is 173 Å². The molecule has 5 nitrogen and oxygen atoms in total. The molecule has 0 radical (unpaired) electrons. The first-order valence-corrected chi connectivity index (χ1v) is 2.04. The van der Waals surface area contributed by atoms with Gasteiger partial charge in [0.25, 0.3) is 0 Å².